The van der Waals surface area contributed by atoms with Gasteiger partial charge in [0.05, 0.1) is 16.0 Å². The van der Waals surface area contributed by atoms with Crippen LogP contribution in [0.4, 0.5) is 4.39 Å². The van der Waals surface area contributed by atoms with E-state index < -0.39 is 15.8 Å². The highest BCUT2D eigenvalue weighted by molar-refractivity contribution is 7.89. The van der Waals surface area contributed by atoms with Gasteiger partial charge in [-0.25, -0.2) is 17.8 Å². The van der Waals surface area contributed by atoms with Crippen molar-refractivity contribution in [2.75, 3.05) is 26.7 Å². The van der Waals surface area contributed by atoms with Crippen LogP contribution >= 0.6 is 11.6 Å². The largest absolute Gasteiger partial charge is 0.347 e. The van der Waals surface area contributed by atoms with Crippen LogP contribution in [0.1, 0.15) is 11.9 Å². The summed E-state index contributed by atoms with van der Waals surface area (Å²) in [6.07, 6.45) is 3.34. The maximum absolute atomic E-state index is 13.3. The lowest BCUT2D eigenvalue weighted by Crippen LogP contribution is -2.49. The van der Waals surface area contributed by atoms with Gasteiger partial charge in [-0.1, -0.05) is 11.6 Å². The quantitative estimate of drug-likeness (QED) is 0.909. The molecule has 1 aromatic carbocycles. The molecule has 2 heterocycles. The van der Waals surface area contributed by atoms with Crippen LogP contribution in [-0.2, 0) is 10.0 Å². The van der Waals surface area contributed by atoms with Gasteiger partial charge in [-0.2, -0.15) is 4.31 Å². The number of H-pyrrole nitrogens is 1. The summed E-state index contributed by atoms with van der Waals surface area (Å²) in [4.78, 5) is 9.27. The van der Waals surface area contributed by atoms with Crippen LogP contribution in [-0.4, -0.2) is 54.3 Å². The molecule has 9 heteroatoms. The molecule has 1 saturated heterocycles. The van der Waals surface area contributed by atoms with Crippen molar-refractivity contribution in [1.29, 1.82) is 0 Å². The van der Waals surface area contributed by atoms with Crippen LogP contribution in [0.2, 0.25) is 5.02 Å². The number of nitrogens with zero attached hydrogens (tertiary/aromatic N) is 3. The van der Waals surface area contributed by atoms with Crippen molar-refractivity contribution >= 4 is 21.6 Å². The van der Waals surface area contributed by atoms with E-state index in [1.165, 1.54) is 10.4 Å². The summed E-state index contributed by atoms with van der Waals surface area (Å²) in [7, 11) is -1.81. The summed E-state index contributed by atoms with van der Waals surface area (Å²) in [5, 5.41) is -0.206. The van der Waals surface area contributed by atoms with E-state index in [4.69, 9.17) is 11.6 Å². The minimum Gasteiger partial charge on any atom is -0.347 e. The lowest BCUT2D eigenvalue weighted by Gasteiger charge is -2.37. The van der Waals surface area contributed by atoms with E-state index in [0.717, 1.165) is 12.1 Å². The predicted molar refractivity (Wildman–Crippen MR) is 84.1 cm³/mol. The molecule has 1 N–H and O–H groups in total. The summed E-state index contributed by atoms with van der Waals surface area (Å²) in [6, 6.07) is 3.28. The number of likely N-dealkylation sites (N-methyl/N-ethyl adjacent to an activating group) is 1. The summed E-state index contributed by atoms with van der Waals surface area (Å²) in [5.74, 6) is 0.0713. The normalized spacial score (nSPS) is 20.7. The zero-order chi connectivity index (χ0) is 16.6. The fourth-order valence-electron chi connectivity index (χ4n) is 2.61. The van der Waals surface area contributed by atoms with Crippen LogP contribution in [0.5, 0.6) is 0 Å². The number of imidazole rings is 1. The third kappa shape index (κ3) is 3.12. The predicted octanol–water partition coefficient (Wildman–Crippen LogP) is 1.88. The molecule has 3 rings (SSSR count). The molecule has 1 aliphatic rings. The highest BCUT2D eigenvalue weighted by Gasteiger charge is 2.34. The van der Waals surface area contributed by atoms with Crippen LogP contribution < -0.4 is 0 Å². The van der Waals surface area contributed by atoms with Gasteiger partial charge in [0.2, 0.25) is 10.0 Å². The molecule has 0 amide bonds. The zero-order valence-electron chi connectivity index (χ0n) is 12.4. The molecule has 0 unspecified atom stereocenters. The second kappa shape index (κ2) is 6.20. The Morgan fingerprint density at radius 3 is 2.83 bits per heavy atom. The number of nitrogens with one attached hydrogen (secondary N) is 1. The molecule has 0 bridgehead atoms. The third-order valence-corrected chi connectivity index (χ3v) is 6.13. The monoisotopic (exact) mass is 358 g/mol. The van der Waals surface area contributed by atoms with E-state index in [1.807, 2.05) is 11.9 Å². The number of sulfonamides is 1. The molecule has 6 nitrogen and oxygen atoms in total. The smallest absolute Gasteiger partial charge is 0.243 e. The van der Waals surface area contributed by atoms with Gasteiger partial charge in [-0.15, -0.1) is 0 Å². The van der Waals surface area contributed by atoms with Crippen LogP contribution in [0.3, 0.4) is 0 Å². The molecule has 1 fully saturated rings. The molecular weight excluding hydrogens is 343 g/mol. The highest BCUT2D eigenvalue weighted by atomic mass is 35.5. The first-order chi connectivity index (χ1) is 10.9. The molecule has 0 aliphatic carbocycles. The molecule has 1 aromatic heterocycles. The molecule has 124 valence electrons. The average molecular weight is 359 g/mol. The van der Waals surface area contributed by atoms with Gasteiger partial charge in [0.1, 0.15) is 11.6 Å². The molecule has 1 aliphatic heterocycles. The maximum Gasteiger partial charge on any atom is 0.243 e. The Bertz CT molecular complexity index is 797. The number of halogens is 2. The van der Waals surface area contributed by atoms with E-state index >= 15 is 0 Å². The molecule has 0 radical (unpaired) electrons. The Kier molecular flexibility index (Phi) is 4.41. The van der Waals surface area contributed by atoms with Gasteiger partial charge in [0.25, 0.3) is 0 Å². The van der Waals surface area contributed by atoms with Gasteiger partial charge in [0.15, 0.2) is 0 Å². The minimum absolute atomic E-state index is 0.00773. The second-order valence-corrected chi connectivity index (χ2v) is 7.75. The molecule has 2 aromatic rings. The van der Waals surface area contributed by atoms with Gasteiger partial charge >= 0.3 is 0 Å². The van der Waals surface area contributed by atoms with Gasteiger partial charge < -0.3 is 4.98 Å². The van der Waals surface area contributed by atoms with Gasteiger partial charge in [0, 0.05) is 32.0 Å². The van der Waals surface area contributed by atoms with Gasteiger partial charge in [-0.3, -0.25) is 4.90 Å². The van der Waals surface area contributed by atoms with Crippen molar-refractivity contribution in [3.63, 3.8) is 0 Å². The Balaban J connectivity index is 1.89. The number of benzene rings is 1. The number of hydrogen-bond acceptors (Lipinski definition) is 4. The zero-order valence-corrected chi connectivity index (χ0v) is 14.0. The summed E-state index contributed by atoms with van der Waals surface area (Å²) in [6.45, 7) is 1.19. The number of rotatable bonds is 3. The first-order valence-corrected chi connectivity index (χ1v) is 8.86. The second-order valence-electron chi connectivity index (χ2n) is 5.41. The van der Waals surface area contributed by atoms with Crippen molar-refractivity contribution in [1.82, 2.24) is 19.2 Å². The van der Waals surface area contributed by atoms with Crippen LogP contribution in [0.15, 0.2) is 35.5 Å². The third-order valence-electron chi connectivity index (χ3n) is 3.97. The molecule has 23 heavy (non-hydrogen) atoms. The Labute approximate surface area is 138 Å². The lowest BCUT2D eigenvalue weighted by molar-refractivity contribution is 0.142. The van der Waals surface area contributed by atoms with Crippen molar-refractivity contribution < 1.29 is 12.8 Å². The fraction of sp³-hybridized carbons (Fsp3) is 0.357. The van der Waals surface area contributed by atoms with E-state index in [9.17, 15) is 12.8 Å². The summed E-state index contributed by atoms with van der Waals surface area (Å²) in [5.41, 5.74) is 0. The van der Waals surface area contributed by atoms with Crippen molar-refractivity contribution in [3.8, 4) is 0 Å². The minimum atomic E-state index is -3.73. The lowest BCUT2D eigenvalue weighted by atomic mass is 10.2. The van der Waals surface area contributed by atoms with Crippen LogP contribution in [0, 0.1) is 5.82 Å². The standard InChI is InChI=1S/C14H16ClFN4O2S/c1-19-6-7-20(9-13(19)14-17-4-5-18-14)23(21,22)10-2-3-12(16)11(15)8-10/h2-5,8,13H,6-7,9H2,1H3,(H,17,18)/t13-/m0/s1. The number of aromatic amines is 1. The molecule has 1 atom stereocenters. The van der Waals surface area contributed by atoms with Crippen molar-refractivity contribution in [2.45, 2.75) is 10.9 Å². The molecule has 0 saturated carbocycles. The first-order valence-electron chi connectivity index (χ1n) is 7.04. The fourth-order valence-corrected chi connectivity index (χ4v) is 4.32. The van der Waals surface area contributed by atoms with Crippen molar-refractivity contribution in [2.24, 2.45) is 0 Å². The Hall–Kier alpha value is -1.48. The first kappa shape index (κ1) is 16.4. The van der Waals surface area contributed by atoms with E-state index in [2.05, 4.69) is 9.97 Å². The van der Waals surface area contributed by atoms with E-state index in [0.29, 0.717) is 18.9 Å². The van der Waals surface area contributed by atoms with E-state index in [1.54, 1.807) is 12.4 Å². The highest BCUT2D eigenvalue weighted by Crippen LogP contribution is 2.27. The Morgan fingerprint density at radius 1 is 1.39 bits per heavy atom. The molecule has 0 spiro atoms. The summed E-state index contributed by atoms with van der Waals surface area (Å²) < 4.78 is 40.2. The Morgan fingerprint density at radius 2 is 2.17 bits per heavy atom. The topological polar surface area (TPSA) is 69.3 Å². The van der Waals surface area contributed by atoms with Gasteiger partial charge in [-0.05, 0) is 25.2 Å². The maximum atomic E-state index is 13.3. The number of piperazine rings is 1. The molecular formula is C14H16ClFN4O2S. The summed E-state index contributed by atoms with van der Waals surface area (Å²) >= 11 is 5.71. The number of aromatic nitrogens is 2. The average Bonchev–Trinajstić information content (AvgIpc) is 3.04. The van der Waals surface area contributed by atoms with Crippen molar-refractivity contribution in [3.05, 3.63) is 47.3 Å². The SMILES string of the molecule is CN1CCN(S(=O)(=O)c2ccc(F)c(Cl)c2)C[C@H]1c1ncc[nH]1. The van der Waals surface area contributed by atoms with Crippen LogP contribution in [0.25, 0.3) is 0 Å². The van der Waals surface area contributed by atoms with E-state index in [-0.39, 0.29) is 22.5 Å². The number of hydrogen-bond donors (Lipinski definition) is 1.